The molecule has 128 valence electrons. The summed E-state index contributed by atoms with van der Waals surface area (Å²) in [6.45, 7) is 9.83. The topological polar surface area (TPSA) is 58.7 Å². The molecule has 0 fully saturated rings. The second-order valence-electron chi connectivity index (χ2n) is 6.11. The summed E-state index contributed by atoms with van der Waals surface area (Å²) in [4.78, 5) is 19.9. The minimum absolute atomic E-state index is 0.0619. The molecular formula is C19H19N3OS2. The molecule has 0 aliphatic heterocycles. The highest BCUT2D eigenvalue weighted by molar-refractivity contribution is 8.00. The molecule has 6 heteroatoms. The molecule has 3 aromatic rings. The van der Waals surface area contributed by atoms with E-state index in [1.54, 1.807) is 4.57 Å². The summed E-state index contributed by atoms with van der Waals surface area (Å²) >= 11 is 2.85. The number of aromatic nitrogens is 2. The zero-order valence-corrected chi connectivity index (χ0v) is 16.5. The van der Waals surface area contributed by atoms with Gasteiger partial charge in [0.15, 0.2) is 5.16 Å². The van der Waals surface area contributed by atoms with E-state index in [4.69, 9.17) is 4.98 Å². The fraction of sp³-hybridized carbons (Fsp3) is 0.316. The summed E-state index contributed by atoms with van der Waals surface area (Å²) in [7, 11) is 0. The highest BCUT2D eigenvalue weighted by Gasteiger charge is 2.20. The van der Waals surface area contributed by atoms with Gasteiger partial charge in [0.1, 0.15) is 4.83 Å². The van der Waals surface area contributed by atoms with Gasteiger partial charge in [-0.15, -0.1) is 11.3 Å². The van der Waals surface area contributed by atoms with E-state index in [1.165, 1.54) is 23.1 Å². The van der Waals surface area contributed by atoms with Crippen LogP contribution in [0.15, 0.2) is 28.2 Å². The molecule has 0 aliphatic carbocycles. The predicted octanol–water partition coefficient (Wildman–Crippen LogP) is 4.69. The molecule has 0 radical (unpaired) electrons. The molecule has 1 unspecified atom stereocenters. The molecule has 0 amide bonds. The number of benzene rings is 1. The lowest BCUT2D eigenvalue weighted by Crippen LogP contribution is -2.23. The second-order valence-corrected chi connectivity index (χ2v) is 8.62. The van der Waals surface area contributed by atoms with Crippen molar-refractivity contribution < 1.29 is 0 Å². The van der Waals surface area contributed by atoms with Crippen molar-refractivity contribution in [2.24, 2.45) is 0 Å². The van der Waals surface area contributed by atoms with Gasteiger partial charge >= 0.3 is 0 Å². The standard InChI is InChI=1S/C19H19N3OS2/c1-10-7-6-8-15(12(10)3)22-18(23)16-13(4)14(5)25-17(16)21-19(22)24-11(2)9-20/h6-8,11H,1-5H3. The number of hydrogen-bond donors (Lipinski definition) is 0. The number of aryl methyl sites for hydroxylation is 3. The van der Waals surface area contributed by atoms with Gasteiger partial charge in [0.25, 0.3) is 5.56 Å². The van der Waals surface area contributed by atoms with Gasteiger partial charge in [0.05, 0.1) is 22.4 Å². The smallest absolute Gasteiger partial charge is 0.267 e. The van der Waals surface area contributed by atoms with Crippen molar-refractivity contribution in [3.8, 4) is 11.8 Å². The van der Waals surface area contributed by atoms with E-state index in [1.807, 2.05) is 52.8 Å². The van der Waals surface area contributed by atoms with Crippen LogP contribution in [0, 0.1) is 39.0 Å². The summed E-state index contributed by atoms with van der Waals surface area (Å²) in [6, 6.07) is 8.13. The Kier molecular flexibility index (Phi) is 4.72. The van der Waals surface area contributed by atoms with Gasteiger partial charge in [-0.2, -0.15) is 5.26 Å². The predicted molar refractivity (Wildman–Crippen MR) is 105 cm³/mol. The van der Waals surface area contributed by atoms with E-state index in [0.29, 0.717) is 10.5 Å². The van der Waals surface area contributed by atoms with Crippen molar-refractivity contribution in [3.05, 3.63) is 50.1 Å². The number of hydrogen-bond acceptors (Lipinski definition) is 5. The maximum absolute atomic E-state index is 13.4. The van der Waals surface area contributed by atoms with Crippen molar-refractivity contribution in [2.75, 3.05) is 0 Å². The summed E-state index contributed by atoms with van der Waals surface area (Å²) in [5, 5.41) is 10.2. The minimum Gasteiger partial charge on any atom is -0.268 e. The number of rotatable bonds is 3. The van der Waals surface area contributed by atoms with E-state index >= 15 is 0 Å². The largest absolute Gasteiger partial charge is 0.268 e. The van der Waals surface area contributed by atoms with Gasteiger partial charge in [-0.05, 0) is 57.4 Å². The Morgan fingerprint density at radius 1 is 1.24 bits per heavy atom. The lowest BCUT2D eigenvalue weighted by Gasteiger charge is -2.16. The SMILES string of the molecule is Cc1cccc(-n2c(SC(C)C#N)nc3sc(C)c(C)c3c2=O)c1C. The average Bonchev–Trinajstić information content (AvgIpc) is 2.85. The first-order valence-corrected chi connectivity index (χ1v) is 9.70. The van der Waals surface area contributed by atoms with Crippen molar-refractivity contribution in [1.29, 1.82) is 5.26 Å². The van der Waals surface area contributed by atoms with Crippen molar-refractivity contribution in [2.45, 2.75) is 45.0 Å². The first-order valence-electron chi connectivity index (χ1n) is 8.00. The molecule has 1 atom stereocenters. The molecule has 0 saturated carbocycles. The molecule has 0 bridgehead atoms. The van der Waals surface area contributed by atoms with Crippen LogP contribution >= 0.6 is 23.1 Å². The van der Waals surface area contributed by atoms with Crippen LogP contribution in [-0.4, -0.2) is 14.8 Å². The van der Waals surface area contributed by atoms with Gasteiger partial charge in [-0.1, -0.05) is 23.9 Å². The van der Waals surface area contributed by atoms with E-state index < -0.39 is 0 Å². The number of thiophene rings is 1. The molecule has 3 rings (SSSR count). The van der Waals surface area contributed by atoms with Gasteiger partial charge in [-0.3, -0.25) is 9.36 Å². The minimum atomic E-state index is -0.289. The lowest BCUT2D eigenvalue weighted by atomic mass is 10.1. The summed E-state index contributed by atoms with van der Waals surface area (Å²) in [5.41, 5.74) is 3.92. The monoisotopic (exact) mass is 369 g/mol. The van der Waals surface area contributed by atoms with Gasteiger partial charge < -0.3 is 0 Å². The first-order chi connectivity index (χ1) is 11.8. The summed E-state index contributed by atoms with van der Waals surface area (Å²) in [6.07, 6.45) is 0. The van der Waals surface area contributed by atoms with Crippen LogP contribution in [0.25, 0.3) is 15.9 Å². The third-order valence-corrected chi connectivity index (χ3v) is 6.50. The van der Waals surface area contributed by atoms with E-state index in [2.05, 4.69) is 6.07 Å². The summed E-state index contributed by atoms with van der Waals surface area (Å²) in [5.74, 6) is 0. The normalized spacial score (nSPS) is 12.3. The molecule has 0 aliphatic rings. The maximum Gasteiger partial charge on any atom is 0.267 e. The molecular weight excluding hydrogens is 350 g/mol. The van der Waals surface area contributed by atoms with Crippen LogP contribution in [0.2, 0.25) is 0 Å². The van der Waals surface area contributed by atoms with E-state index in [-0.39, 0.29) is 10.8 Å². The number of nitriles is 1. The van der Waals surface area contributed by atoms with E-state index in [9.17, 15) is 10.1 Å². The van der Waals surface area contributed by atoms with Gasteiger partial charge in [0, 0.05) is 4.88 Å². The molecule has 0 spiro atoms. The van der Waals surface area contributed by atoms with Crippen molar-refractivity contribution in [3.63, 3.8) is 0 Å². The Morgan fingerprint density at radius 2 is 1.96 bits per heavy atom. The molecule has 2 aromatic heterocycles. The lowest BCUT2D eigenvalue weighted by molar-refractivity contribution is 0.813. The molecule has 1 aromatic carbocycles. The number of thioether (sulfide) groups is 1. The zero-order chi connectivity index (χ0) is 18.3. The zero-order valence-electron chi connectivity index (χ0n) is 14.9. The average molecular weight is 370 g/mol. The van der Waals surface area contributed by atoms with Crippen LogP contribution in [-0.2, 0) is 0 Å². The summed E-state index contributed by atoms with van der Waals surface area (Å²) < 4.78 is 1.67. The first kappa shape index (κ1) is 17.7. The molecule has 4 nitrogen and oxygen atoms in total. The van der Waals surface area contributed by atoms with Crippen LogP contribution in [0.5, 0.6) is 0 Å². The highest BCUT2D eigenvalue weighted by atomic mass is 32.2. The number of fused-ring (bicyclic) bond motifs is 1. The molecule has 0 N–H and O–H groups in total. The van der Waals surface area contributed by atoms with Crippen LogP contribution in [0.3, 0.4) is 0 Å². The Hall–Kier alpha value is -2.10. The quantitative estimate of drug-likeness (QED) is 0.497. The van der Waals surface area contributed by atoms with Gasteiger partial charge in [0.2, 0.25) is 0 Å². The van der Waals surface area contributed by atoms with Crippen LogP contribution < -0.4 is 5.56 Å². The Morgan fingerprint density at radius 3 is 2.64 bits per heavy atom. The second kappa shape index (κ2) is 6.66. The highest BCUT2D eigenvalue weighted by Crippen LogP contribution is 2.31. The van der Waals surface area contributed by atoms with Crippen molar-refractivity contribution in [1.82, 2.24) is 9.55 Å². The maximum atomic E-state index is 13.4. The Bertz CT molecular complexity index is 1070. The Labute approximate surface area is 155 Å². The van der Waals surface area contributed by atoms with Crippen LogP contribution in [0.4, 0.5) is 0 Å². The van der Waals surface area contributed by atoms with Crippen molar-refractivity contribution >= 4 is 33.3 Å². The third kappa shape index (κ3) is 2.99. The number of nitrogens with zero attached hydrogens (tertiary/aromatic N) is 3. The van der Waals surface area contributed by atoms with Gasteiger partial charge in [-0.25, -0.2) is 4.98 Å². The fourth-order valence-electron chi connectivity index (χ4n) is 2.73. The van der Waals surface area contributed by atoms with Crippen LogP contribution in [0.1, 0.15) is 28.5 Å². The Balaban J connectivity index is 2.42. The van der Waals surface area contributed by atoms with E-state index in [0.717, 1.165) is 32.1 Å². The molecule has 2 heterocycles. The molecule has 0 saturated heterocycles. The molecule has 25 heavy (non-hydrogen) atoms. The third-order valence-electron chi connectivity index (χ3n) is 4.45. The fourth-order valence-corrected chi connectivity index (χ4v) is 4.61.